The Kier molecular flexibility index (Phi) is 5.41. The van der Waals surface area contributed by atoms with E-state index in [0.29, 0.717) is 30.4 Å². The third-order valence-corrected chi connectivity index (χ3v) is 4.53. The van der Waals surface area contributed by atoms with Crippen molar-refractivity contribution in [3.05, 3.63) is 82.6 Å². The number of methoxy groups -OCH3 is 1. The van der Waals surface area contributed by atoms with Gasteiger partial charge in [0, 0.05) is 23.6 Å². The van der Waals surface area contributed by atoms with E-state index in [4.69, 9.17) is 4.74 Å². The fourth-order valence-electron chi connectivity index (χ4n) is 3.12. The first-order valence-corrected chi connectivity index (χ1v) is 8.60. The summed E-state index contributed by atoms with van der Waals surface area (Å²) in [6, 6.07) is 13.4. The molecule has 3 rings (SSSR count). The van der Waals surface area contributed by atoms with Gasteiger partial charge >= 0.3 is 0 Å². The average molecular weight is 364 g/mol. The minimum Gasteiger partial charge on any atom is -0.508 e. The fourth-order valence-corrected chi connectivity index (χ4v) is 3.12. The number of phenols is 2. The second-order valence-corrected chi connectivity index (χ2v) is 6.38. The zero-order valence-corrected chi connectivity index (χ0v) is 14.9. The molecular formula is C22H20O5. The summed E-state index contributed by atoms with van der Waals surface area (Å²) in [5, 5.41) is 19.0. The van der Waals surface area contributed by atoms with Crippen molar-refractivity contribution in [1.82, 2.24) is 0 Å². The van der Waals surface area contributed by atoms with Crippen LogP contribution in [0.4, 0.5) is 0 Å². The molecule has 2 aromatic rings. The first kappa shape index (κ1) is 18.5. The molecule has 0 atom stereocenters. The number of hydrogen-bond acceptors (Lipinski definition) is 5. The number of ketones is 2. The molecule has 0 amide bonds. The minimum atomic E-state index is -0.286. The number of Topliss-reactive ketones (excluding diaryl/α,β-unsaturated/α-hetero) is 1. The lowest BCUT2D eigenvalue weighted by atomic mass is 9.86. The number of aryl methyl sites for hydroxylation is 1. The van der Waals surface area contributed by atoms with Gasteiger partial charge in [0.25, 0.3) is 0 Å². The average Bonchev–Trinajstić information content (AvgIpc) is 2.65. The largest absolute Gasteiger partial charge is 0.508 e. The molecule has 5 nitrogen and oxygen atoms in total. The molecule has 0 saturated heterocycles. The van der Waals surface area contributed by atoms with Gasteiger partial charge in [-0.1, -0.05) is 24.3 Å². The predicted molar refractivity (Wildman–Crippen MR) is 100 cm³/mol. The molecule has 0 bridgehead atoms. The minimum absolute atomic E-state index is 0.0420. The number of benzene rings is 2. The van der Waals surface area contributed by atoms with Crippen LogP contribution < -0.4 is 0 Å². The quantitative estimate of drug-likeness (QED) is 0.769. The van der Waals surface area contributed by atoms with E-state index in [2.05, 4.69) is 0 Å². The van der Waals surface area contributed by atoms with Crippen molar-refractivity contribution < 1.29 is 24.5 Å². The molecule has 0 aromatic heterocycles. The number of carbonyl (C=O) groups excluding carboxylic acids is 2. The Balaban J connectivity index is 1.91. The van der Waals surface area contributed by atoms with Gasteiger partial charge < -0.3 is 14.9 Å². The third kappa shape index (κ3) is 4.26. The van der Waals surface area contributed by atoms with Crippen LogP contribution in [0.2, 0.25) is 0 Å². The van der Waals surface area contributed by atoms with Crippen molar-refractivity contribution >= 4 is 11.6 Å². The van der Waals surface area contributed by atoms with Crippen molar-refractivity contribution in [2.75, 3.05) is 7.11 Å². The Morgan fingerprint density at radius 3 is 2.26 bits per heavy atom. The van der Waals surface area contributed by atoms with Gasteiger partial charge in [0.2, 0.25) is 5.78 Å². The van der Waals surface area contributed by atoms with E-state index >= 15 is 0 Å². The Morgan fingerprint density at radius 2 is 1.59 bits per heavy atom. The SMILES string of the molecule is COC1=CC(=O)C(Cc2ccc(O)cc2)=C(CCc2cccc(O)c2)C1=O. The van der Waals surface area contributed by atoms with Gasteiger partial charge in [-0.15, -0.1) is 0 Å². The lowest BCUT2D eigenvalue weighted by Crippen LogP contribution is -2.22. The number of ether oxygens (including phenoxy) is 1. The molecule has 0 spiro atoms. The first-order valence-electron chi connectivity index (χ1n) is 8.60. The lowest BCUT2D eigenvalue weighted by Gasteiger charge is -2.19. The summed E-state index contributed by atoms with van der Waals surface area (Å²) < 4.78 is 5.07. The van der Waals surface area contributed by atoms with E-state index in [0.717, 1.165) is 11.1 Å². The van der Waals surface area contributed by atoms with Crippen molar-refractivity contribution in [2.24, 2.45) is 0 Å². The lowest BCUT2D eigenvalue weighted by molar-refractivity contribution is -0.118. The number of rotatable bonds is 6. The van der Waals surface area contributed by atoms with E-state index in [1.54, 1.807) is 42.5 Å². The molecule has 0 radical (unpaired) electrons. The highest BCUT2D eigenvalue weighted by molar-refractivity contribution is 6.22. The van der Waals surface area contributed by atoms with E-state index in [1.165, 1.54) is 13.2 Å². The highest BCUT2D eigenvalue weighted by Crippen LogP contribution is 2.27. The molecule has 0 aliphatic heterocycles. The zero-order valence-electron chi connectivity index (χ0n) is 14.9. The Hall–Kier alpha value is -3.34. The van der Waals surface area contributed by atoms with Gasteiger partial charge in [0.1, 0.15) is 11.5 Å². The van der Waals surface area contributed by atoms with Crippen LogP contribution in [-0.4, -0.2) is 28.9 Å². The Labute approximate surface area is 157 Å². The normalized spacial score (nSPS) is 14.3. The summed E-state index contributed by atoms with van der Waals surface area (Å²) in [6.45, 7) is 0. The summed E-state index contributed by atoms with van der Waals surface area (Å²) in [6.07, 6.45) is 2.41. The van der Waals surface area contributed by atoms with Gasteiger partial charge in [-0.3, -0.25) is 9.59 Å². The number of allylic oxidation sites excluding steroid dienone is 3. The van der Waals surface area contributed by atoms with Crippen LogP contribution in [0.25, 0.3) is 0 Å². The number of carbonyl (C=O) groups is 2. The molecule has 2 aromatic carbocycles. The summed E-state index contributed by atoms with van der Waals surface area (Å²) in [7, 11) is 1.37. The van der Waals surface area contributed by atoms with Crippen LogP contribution in [0.1, 0.15) is 17.5 Å². The monoisotopic (exact) mass is 364 g/mol. The smallest absolute Gasteiger partial charge is 0.224 e. The second-order valence-electron chi connectivity index (χ2n) is 6.38. The maximum atomic E-state index is 12.8. The second kappa shape index (κ2) is 7.91. The van der Waals surface area contributed by atoms with Crippen LogP contribution in [0.5, 0.6) is 11.5 Å². The van der Waals surface area contributed by atoms with E-state index in [1.807, 2.05) is 6.07 Å². The molecule has 2 N–H and O–H groups in total. The van der Waals surface area contributed by atoms with E-state index < -0.39 is 0 Å². The summed E-state index contributed by atoms with van der Waals surface area (Å²) >= 11 is 0. The molecule has 0 fully saturated rings. The van der Waals surface area contributed by atoms with E-state index in [-0.39, 0.29) is 28.8 Å². The van der Waals surface area contributed by atoms with Crippen molar-refractivity contribution in [2.45, 2.75) is 19.3 Å². The molecule has 1 aliphatic rings. The van der Waals surface area contributed by atoms with Crippen LogP contribution in [0.3, 0.4) is 0 Å². The standard InChI is InChI=1S/C22H20O5/c1-27-21-13-20(25)19(12-15-5-8-16(23)9-6-15)18(22(21)26)10-7-14-3-2-4-17(24)11-14/h2-6,8-9,11,13,23-24H,7,10,12H2,1H3. The van der Waals surface area contributed by atoms with Gasteiger partial charge in [-0.2, -0.15) is 0 Å². The van der Waals surface area contributed by atoms with Gasteiger partial charge in [-0.05, 0) is 48.2 Å². The van der Waals surface area contributed by atoms with Crippen LogP contribution in [-0.2, 0) is 27.2 Å². The topological polar surface area (TPSA) is 83.8 Å². The summed E-state index contributed by atoms with van der Waals surface area (Å²) in [5.41, 5.74) is 2.57. The highest BCUT2D eigenvalue weighted by atomic mass is 16.5. The molecular weight excluding hydrogens is 344 g/mol. The number of aromatic hydroxyl groups is 2. The van der Waals surface area contributed by atoms with Crippen molar-refractivity contribution in [1.29, 1.82) is 0 Å². The maximum absolute atomic E-state index is 12.8. The van der Waals surface area contributed by atoms with Gasteiger partial charge in [0.15, 0.2) is 11.5 Å². The molecule has 27 heavy (non-hydrogen) atoms. The van der Waals surface area contributed by atoms with Crippen LogP contribution >= 0.6 is 0 Å². The van der Waals surface area contributed by atoms with Gasteiger partial charge in [0.05, 0.1) is 7.11 Å². The van der Waals surface area contributed by atoms with Crippen LogP contribution in [0, 0.1) is 0 Å². The summed E-state index contributed by atoms with van der Waals surface area (Å²) in [4.78, 5) is 25.4. The Bertz CT molecular complexity index is 935. The van der Waals surface area contributed by atoms with E-state index in [9.17, 15) is 19.8 Å². The summed E-state index contributed by atoms with van der Waals surface area (Å²) in [5.74, 6) is -0.185. The molecule has 0 heterocycles. The molecule has 0 saturated carbocycles. The third-order valence-electron chi connectivity index (χ3n) is 4.53. The molecule has 1 aliphatic carbocycles. The zero-order chi connectivity index (χ0) is 19.4. The van der Waals surface area contributed by atoms with Gasteiger partial charge in [-0.25, -0.2) is 0 Å². The fraction of sp³-hybridized carbons (Fsp3) is 0.182. The first-order chi connectivity index (χ1) is 13.0. The van der Waals surface area contributed by atoms with Crippen molar-refractivity contribution in [3.8, 4) is 11.5 Å². The maximum Gasteiger partial charge on any atom is 0.224 e. The van der Waals surface area contributed by atoms with Crippen LogP contribution in [0.15, 0.2) is 71.5 Å². The Morgan fingerprint density at radius 1 is 0.852 bits per heavy atom. The molecule has 5 heteroatoms. The predicted octanol–water partition coefficient (Wildman–Crippen LogP) is 3.25. The molecule has 138 valence electrons. The number of hydrogen-bond donors (Lipinski definition) is 2. The molecule has 0 unspecified atom stereocenters. The number of phenolic OH excluding ortho intramolecular Hbond substituents is 2. The highest BCUT2D eigenvalue weighted by Gasteiger charge is 2.29. The van der Waals surface area contributed by atoms with Crippen molar-refractivity contribution in [3.63, 3.8) is 0 Å².